The van der Waals surface area contributed by atoms with Crippen molar-refractivity contribution < 1.29 is 22.7 Å². The lowest BCUT2D eigenvalue weighted by molar-refractivity contribution is 0.0543. The Morgan fingerprint density at radius 3 is 2.56 bits per heavy atom. The number of fused-ring (bicyclic) bond motifs is 2. The molecule has 3 aromatic rings. The van der Waals surface area contributed by atoms with Crippen molar-refractivity contribution in [3.05, 3.63) is 47.3 Å². The van der Waals surface area contributed by atoms with Crippen molar-refractivity contribution in [3.8, 4) is 11.1 Å². The number of ether oxygens (including phenoxy) is 1. The first-order chi connectivity index (χ1) is 16.8. The van der Waals surface area contributed by atoms with Crippen molar-refractivity contribution in [2.45, 2.75) is 71.7 Å². The average Bonchev–Trinajstić information content (AvgIpc) is 3.39. The fourth-order valence-electron chi connectivity index (χ4n) is 4.48. The lowest BCUT2D eigenvalue weighted by atomic mass is 9.92. The Balaban J connectivity index is 1.84. The molecule has 0 spiro atoms. The van der Waals surface area contributed by atoms with Crippen LogP contribution < -0.4 is 10.0 Å². The van der Waals surface area contributed by atoms with Crippen LogP contribution in [0, 0.1) is 6.92 Å². The van der Waals surface area contributed by atoms with Crippen molar-refractivity contribution in [1.82, 2.24) is 14.3 Å². The summed E-state index contributed by atoms with van der Waals surface area (Å²) in [4.78, 5) is 30.0. The van der Waals surface area contributed by atoms with Crippen molar-refractivity contribution in [1.29, 1.82) is 0 Å². The average molecular weight is 513 g/mol. The summed E-state index contributed by atoms with van der Waals surface area (Å²) < 4.78 is 33.6. The first kappa shape index (κ1) is 25.7. The van der Waals surface area contributed by atoms with E-state index in [1.165, 1.54) is 18.4 Å². The van der Waals surface area contributed by atoms with E-state index in [1.807, 2.05) is 13.0 Å². The van der Waals surface area contributed by atoms with Gasteiger partial charge in [0.05, 0.1) is 10.9 Å². The monoisotopic (exact) mass is 512 g/mol. The molecule has 36 heavy (non-hydrogen) atoms. The number of nitrogens with one attached hydrogen (secondary N) is 2. The molecule has 0 radical (unpaired) electrons. The Bertz CT molecular complexity index is 1470. The number of pyridine rings is 1. The van der Waals surface area contributed by atoms with E-state index in [0.717, 1.165) is 47.1 Å². The summed E-state index contributed by atoms with van der Waals surface area (Å²) in [5.74, 6) is 0. The fraction of sp³-hybridized carbons (Fsp3) is 0.423. The highest BCUT2D eigenvalue weighted by Gasteiger charge is 2.27. The van der Waals surface area contributed by atoms with Gasteiger partial charge in [-0.3, -0.25) is 0 Å². The van der Waals surface area contributed by atoms with Gasteiger partial charge in [0.15, 0.2) is 0 Å². The van der Waals surface area contributed by atoms with Crippen LogP contribution in [0.3, 0.4) is 0 Å². The number of hydrogen-bond donors (Lipinski definition) is 2. The molecule has 1 aliphatic rings. The van der Waals surface area contributed by atoms with Crippen LogP contribution >= 0.6 is 0 Å². The highest BCUT2D eigenvalue weighted by Crippen LogP contribution is 2.42. The van der Waals surface area contributed by atoms with Crippen molar-refractivity contribution in [2.24, 2.45) is 0 Å². The van der Waals surface area contributed by atoms with E-state index >= 15 is 0 Å². The summed E-state index contributed by atoms with van der Waals surface area (Å²) in [5, 5.41) is 2.80. The zero-order chi connectivity index (χ0) is 26.4. The molecule has 0 bridgehead atoms. The maximum atomic E-state index is 12.8. The third kappa shape index (κ3) is 4.95. The molecule has 0 unspecified atom stereocenters. The molecule has 0 aliphatic heterocycles. The highest BCUT2D eigenvalue weighted by atomic mass is 32.2. The quantitative estimate of drug-likeness (QED) is 0.499. The van der Waals surface area contributed by atoms with E-state index in [4.69, 9.17) is 4.74 Å². The van der Waals surface area contributed by atoms with Gasteiger partial charge < -0.3 is 10.1 Å². The minimum absolute atomic E-state index is 0.430. The minimum Gasteiger partial charge on any atom is -0.443 e. The van der Waals surface area contributed by atoms with E-state index in [-0.39, 0.29) is 0 Å². The molecule has 2 aromatic heterocycles. The summed E-state index contributed by atoms with van der Waals surface area (Å²) in [6.45, 7) is 10.4. The van der Waals surface area contributed by atoms with Gasteiger partial charge in [-0.25, -0.2) is 32.3 Å². The van der Waals surface area contributed by atoms with E-state index in [2.05, 4.69) is 21.1 Å². The van der Waals surface area contributed by atoms with Gasteiger partial charge in [0, 0.05) is 23.3 Å². The summed E-state index contributed by atoms with van der Waals surface area (Å²) in [6, 6.07) is 4.94. The smallest absolute Gasteiger partial charge is 0.420 e. The maximum Gasteiger partial charge on any atom is 0.420 e. The van der Waals surface area contributed by atoms with Gasteiger partial charge in [-0.05, 0) is 95.2 Å². The van der Waals surface area contributed by atoms with Crippen LogP contribution in [-0.4, -0.2) is 40.9 Å². The molecule has 0 atom stereocenters. The van der Waals surface area contributed by atoms with Gasteiger partial charge in [-0.2, -0.15) is 0 Å². The number of sulfonamides is 1. The second kappa shape index (κ2) is 9.24. The van der Waals surface area contributed by atoms with Gasteiger partial charge in [0.2, 0.25) is 10.0 Å². The molecular weight excluding hydrogens is 480 g/mol. The molecular formula is C26H32N4O5S. The molecule has 9 nitrogen and oxygen atoms in total. The zero-order valence-electron chi connectivity index (χ0n) is 21.4. The molecule has 1 aliphatic carbocycles. The topological polar surface area (TPSA) is 119 Å². The second-order valence-corrected chi connectivity index (χ2v) is 12.6. The third-order valence-electron chi connectivity index (χ3n) is 6.14. The molecule has 0 saturated heterocycles. The van der Waals surface area contributed by atoms with Crippen LogP contribution in [0.4, 0.5) is 15.3 Å². The molecule has 0 fully saturated rings. The van der Waals surface area contributed by atoms with Crippen LogP contribution in [0.25, 0.3) is 22.2 Å². The van der Waals surface area contributed by atoms with E-state index in [0.29, 0.717) is 16.7 Å². The van der Waals surface area contributed by atoms with Gasteiger partial charge in [-0.15, -0.1) is 0 Å². The number of benzene rings is 1. The predicted octanol–water partition coefficient (Wildman–Crippen LogP) is 5.14. The maximum absolute atomic E-state index is 12.8. The lowest BCUT2D eigenvalue weighted by Gasteiger charge is -2.21. The number of carbonyl (C=O) groups excluding carboxylic acids is 2. The van der Waals surface area contributed by atoms with E-state index < -0.39 is 33.0 Å². The molecule has 10 heteroatoms. The van der Waals surface area contributed by atoms with Crippen LogP contribution in [0.2, 0.25) is 0 Å². The fourth-order valence-corrected chi connectivity index (χ4v) is 5.02. The second-order valence-electron chi connectivity index (χ2n) is 10.3. The number of rotatable bonds is 4. The first-order valence-corrected chi connectivity index (χ1v) is 13.5. The Kier molecular flexibility index (Phi) is 6.59. The van der Waals surface area contributed by atoms with Crippen molar-refractivity contribution in [3.63, 3.8) is 0 Å². The predicted molar refractivity (Wildman–Crippen MR) is 140 cm³/mol. The third-order valence-corrected chi connectivity index (χ3v) is 7.85. The standard InChI is InChI=1S/C26H32N4O5S/c1-15(2)36(33,34)29-24(31)28-22-18-9-7-8-17(18)14-16(3)21(22)19-10-12-27-23-20(19)11-13-30(23)25(32)35-26(4,5)6/h10-15H,7-9H2,1-6H3,(H2,28,29,31). The van der Waals surface area contributed by atoms with Gasteiger partial charge in [0.25, 0.3) is 0 Å². The number of hydrogen-bond acceptors (Lipinski definition) is 6. The van der Waals surface area contributed by atoms with Crippen LogP contribution in [-0.2, 0) is 27.6 Å². The van der Waals surface area contributed by atoms with E-state index in [9.17, 15) is 18.0 Å². The largest absolute Gasteiger partial charge is 0.443 e. The number of amides is 2. The number of anilines is 1. The summed E-state index contributed by atoms with van der Waals surface area (Å²) in [6.07, 6.45) is 5.29. The highest BCUT2D eigenvalue weighted by molar-refractivity contribution is 7.90. The van der Waals surface area contributed by atoms with Crippen molar-refractivity contribution >= 4 is 38.9 Å². The summed E-state index contributed by atoms with van der Waals surface area (Å²) in [7, 11) is -3.80. The molecule has 2 amide bonds. The number of urea groups is 1. The molecule has 192 valence electrons. The van der Waals surface area contributed by atoms with E-state index in [1.54, 1.807) is 39.2 Å². The number of aromatic nitrogens is 2. The zero-order valence-corrected chi connectivity index (χ0v) is 22.2. The van der Waals surface area contributed by atoms with Crippen LogP contribution in [0.1, 0.15) is 57.7 Å². The first-order valence-electron chi connectivity index (χ1n) is 12.0. The molecule has 4 rings (SSSR count). The normalized spacial score (nSPS) is 13.6. The molecule has 2 N–H and O–H groups in total. The van der Waals surface area contributed by atoms with Gasteiger partial charge in [0.1, 0.15) is 11.2 Å². The molecule has 1 aromatic carbocycles. The van der Waals surface area contributed by atoms with Crippen molar-refractivity contribution in [2.75, 3.05) is 5.32 Å². The molecule has 2 heterocycles. The molecule has 0 saturated carbocycles. The van der Waals surface area contributed by atoms with Crippen LogP contribution in [0.5, 0.6) is 0 Å². The Labute approximate surface area is 211 Å². The Morgan fingerprint density at radius 2 is 1.89 bits per heavy atom. The number of carbonyl (C=O) groups is 2. The van der Waals surface area contributed by atoms with Crippen LogP contribution in [0.15, 0.2) is 30.6 Å². The SMILES string of the molecule is Cc1cc2c(c(NC(=O)NS(=O)(=O)C(C)C)c1-c1ccnc3c1ccn3C(=O)OC(C)(C)C)CCC2. The summed E-state index contributed by atoms with van der Waals surface area (Å²) >= 11 is 0. The van der Waals surface area contributed by atoms with Gasteiger partial charge >= 0.3 is 12.1 Å². The van der Waals surface area contributed by atoms with Gasteiger partial charge in [-0.1, -0.05) is 6.07 Å². The number of nitrogens with zero attached hydrogens (tertiary/aromatic N) is 2. The number of aryl methyl sites for hydroxylation is 2. The Hall–Kier alpha value is -3.40. The Morgan fingerprint density at radius 1 is 1.17 bits per heavy atom. The summed E-state index contributed by atoms with van der Waals surface area (Å²) in [5.41, 5.74) is 4.94. The minimum atomic E-state index is -3.80. The lowest BCUT2D eigenvalue weighted by Crippen LogP contribution is -2.38.